The van der Waals surface area contributed by atoms with Crippen molar-refractivity contribution < 1.29 is 4.42 Å². The number of aromatic nitrogens is 3. The number of H-pyrrole nitrogens is 1. The first kappa shape index (κ1) is 10.2. The van der Waals surface area contributed by atoms with E-state index in [4.69, 9.17) is 10.2 Å². The van der Waals surface area contributed by atoms with E-state index in [0.29, 0.717) is 10.9 Å². The van der Waals surface area contributed by atoms with Crippen LogP contribution in [0.5, 0.6) is 0 Å². The number of nitrogens with one attached hydrogen (secondary N) is 1. The fourth-order valence-corrected chi connectivity index (χ4v) is 2.27. The lowest BCUT2D eigenvalue weighted by Crippen LogP contribution is -1.82. The number of fused-ring (bicyclic) bond motifs is 1. The molecule has 0 saturated carbocycles. The minimum absolute atomic E-state index is 0.578. The minimum atomic E-state index is 0.578. The van der Waals surface area contributed by atoms with Crippen molar-refractivity contribution in [1.29, 1.82) is 0 Å². The second-order valence-electron chi connectivity index (χ2n) is 3.68. The second kappa shape index (κ2) is 3.81. The van der Waals surface area contributed by atoms with Gasteiger partial charge in [0.15, 0.2) is 5.16 Å². The SMILES string of the molecule is Cc1coc(Sc2nc3ccc(N)cc3[nH]2)n1. The Morgan fingerprint density at radius 1 is 1.35 bits per heavy atom. The van der Waals surface area contributed by atoms with Crippen LogP contribution in [0.4, 0.5) is 5.69 Å². The summed E-state index contributed by atoms with van der Waals surface area (Å²) in [4.78, 5) is 11.8. The molecule has 0 radical (unpaired) electrons. The lowest BCUT2D eigenvalue weighted by molar-refractivity contribution is 0.453. The van der Waals surface area contributed by atoms with Gasteiger partial charge in [0.1, 0.15) is 6.26 Å². The molecule has 6 heteroatoms. The van der Waals surface area contributed by atoms with E-state index in [0.717, 1.165) is 21.9 Å². The Labute approximate surface area is 101 Å². The van der Waals surface area contributed by atoms with E-state index in [9.17, 15) is 0 Å². The number of nitrogens with zero attached hydrogens (tertiary/aromatic N) is 2. The third-order valence-corrected chi connectivity index (χ3v) is 3.01. The van der Waals surface area contributed by atoms with Crippen molar-refractivity contribution in [2.75, 3.05) is 5.73 Å². The van der Waals surface area contributed by atoms with Crippen molar-refractivity contribution in [1.82, 2.24) is 15.0 Å². The lowest BCUT2D eigenvalue weighted by atomic mass is 10.3. The van der Waals surface area contributed by atoms with Crippen molar-refractivity contribution in [2.45, 2.75) is 17.3 Å². The molecule has 0 spiro atoms. The van der Waals surface area contributed by atoms with Crippen molar-refractivity contribution in [3.8, 4) is 0 Å². The average Bonchev–Trinajstić information content (AvgIpc) is 2.84. The second-order valence-corrected chi connectivity index (χ2v) is 4.62. The molecule has 0 aliphatic heterocycles. The summed E-state index contributed by atoms with van der Waals surface area (Å²) in [7, 11) is 0. The van der Waals surface area contributed by atoms with Crippen molar-refractivity contribution >= 4 is 28.5 Å². The molecule has 0 amide bonds. The molecule has 0 fully saturated rings. The molecule has 0 aliphatic carbocycles. The van der Waals surface area contributed by atoms with E-state index in [2.05, 4.69) is 15.0 Å². The van der Waals surface area contributed by atoms with Crippen LogP contribution in [-0.4, -0.2) is 15.0 Å². The van der Waals surface area contributed by atoms with Gasteiger partial charge >= 0.3 is 0 Å². The summed E-state index contributed by atoms with van der Waals surface area (Å²) in [6, 6.07) is 5.56. The smallest absolute Gasteiger partial charge is 0.263 e. The summed E-state index contributed by atoms with van der Waals surface area (Å²) in [6.07, 6.45) is 1.61. The first-order valence-electron chi connectivity index (χ1n) is 5.06. The molecule has 3 aromatic rings. The van der Waals surface area contributed by atoms with E-state index in [1.807, 2.05) is 25.1 Å². The maximum atomic E-state index is 5.70. The monoisotopic (exact) mass is 246 g/mol. The Hall–Kier alpha value is -1.95. The van der Waals surface area contributed by atoms with Crippen LogP contribution in [0, 0.1) is 6.92 Å². The zero-order valence-electron chi connectivity index (χ0n) is 9.10. The number of hydrogen-bond donors (Lipinski definition) is 2. The number of hydrogen-bond acceptors (Lipinski definition) is 5. The number of nitrogens with two attached hydrogens (primary N) is 1. The average molecular weight is 246 g/mol. The van der Waals surface area contributed by atoms with Crippen LogP contribution in [0.15, 0.2) is 39.3 Å². The van der Waals surface area contributed by atoms with Gasteiger partial charge in [-0.3, -0.25) is 0 Å². The van der Waals surface area contributed by atoms with Gasteiger partial charge in [0.25, 0.3) is 5.22 Å². The van der Waals surface area contributed by atoms with E-state index < -0.39 is 0 Å². The predicted molar refractivity (Wildman–Crippen MR) is 65.9 cm³/mol. The van der Waals surface area contributed by atoms with Crippen LogP contribution in [0.25, 0.3) is 11.0 Å². The molecule has 3 N–H and O–H groups in total. The van der Waals surface area contributed by atoms with Crippen molar-refractivity contribution in [3.05, 3.63) is 30.2 Å². The van der Waals surface area contributed by atoms with E-state index in [-0.39, 0.29) is 0 Å². The van der Waals surface area contributed by atoms with Crippen LogP contribution in [0.3, 0.4) is 0 Å². The molecule has 86 valence electrons. The zero-order valence-corrected chi connectivity index (χ0v) is 9.91. The van der Waals surface area contributed by atoms with E-state index in [1.54, 1.807) is 6.26 Å². The zero-order chi connectivity index (χ0) is 11.8. The Bertz CT molecular complexity index is 673. The van der Waals surface area contributed by atoms with Gasteiger partial charge in [-0.2, -0.15) is 0 Å². The normalized spacial score (nSPS) is 11.1. The summed E-state index contributed by atoms with van der Waals surface area (Å²) in [6.45, 7) is 1.88. The van der Waals surface area contributed by atoms with Gasteiger partial charge in [0.2, 0.25) is 0 Å². The Morgan fingerprint density at radius 2 is 2.24 bits per heavy atom. The van der Waals surface area contributed by atoms with Crippen molar-refractivity contribution in [2.24, 2.45) is 0 Å². The Morgan fingerprint density at radius 3 is 3.00 bits per heavy atom. The highest BCUT2D eigenvalue weighted by atomic mass is 32.2. The van der Waals surface area contributed by atoms with Gasteiger partial charge in [-0.05, 0) is 25.1 Å². The van der Waals surface area contributed by atoms with Crippen LogP contribution in [0.2, 0.25) is 0 Å². The minimum Gasteiger partial charge on any atom is -0.439 e. The molecule has 5 nitrogen and oxygen atoms in total. The summed E-state index contributed by atoms with van der Waals surface area (Å²) in [5.41, 5.74) is 9.06. The fraction of sp³-hybridized carbons (Fsp3) is 0.0909. The summed E-state index contributed by atoms with van der Waals surface area (Å²) in [5, 5.41) is 1.32. The molecule has 3 rings (SSSR count). The number of imidazole rings is 1. The van der Waals surface area contributed by atoms with Crippen LogP contribution in [-0.2, 0) is 0 Å². The molecule has 0 saturated heterocycles. The van der Waals surface area contributed by atoms with Gasteiger partial charge < -0.3 is 15.1 Å². The summed E-state index contributed by atoms with van der Waals surface area (Å²) in [5.74, 6) is 0. The predicted octanol–water partition coefficient (Wildman–Crippen LogP) is 2.59. The number of benzene rings is 1. The molecule has 0 unspecified atom stereocenters. The van der Waals surface area contributed by atoms with E-state index >= 15 is 0 Å². The van der Waals surface area contributed by atoms with Crippen LogP contribution in [0.1, 0.15) is 5.69 Å². The fourth-order valence-electron chi connectivity index (χ4n) is 1.51. The molecule has 2 aromatic heterocycles. The molecular weight excluding hydrogens is 236 g/mol. The Kier molecular flexibility index (Phi) is 2.29. The largest absolute Gasteiger partial charge is 0.439 e. The molecular formula is C11H10N4OS. The molecule has 0 atom stereocenters. The van der Waals surface area contributed by atoms with Crippen molar-refractivity contribution in [3.63, 3.8) is 0 Å². The molecule has 2 heterocycles. The molecule has 1 aromatic carbocycles. The van der Waals surface area contributed by atoms with Crippen LogP contribution < -0.4 is 5.73 Å². The van der Waals surface area contributed by atoms with Gasteiger partial charge in [0.05, 0.1) is 16.7 Å². The van der Waals surface area contributed by atoms with Gasteiger partial charge in [0, 0.05) is 17.4 Å². The van der Waals surface area contributed by atoms with E-state index in [1.165, 1.54) is 11.8 Å². The quantitative estimate of drug-likeness (QED) is 0.679. The first-order chi connectivity index (χ1) is 8.20. The highest BCUT2D eigenvalue weighted by Gasteiger charge is 2.08. The number of aryl methyl sites for hydroxylation is 1. The number of rotatable bonds is 2. The third kappa shape index (κ3) is 1.99. The summed E-state index contributed by atoms with van der Waals surface area (Å²) < 4.78 is 5.26. The van der Waals surface area contributed by atoms with Gasteiger partial charge in [-0.1, -0.05) is 0 Å². The highest BCUT2D eigenvalue weighted by molar-refractivity contribution is 7.98. The molecule has 0 aliphatic rings. The first-order valence-corrected chi connectivity index (χ1v) is 5.87. The van der Waals surface area contributed by atoms with Crippen LogP contribution >= 0.6 is 11.8 Å². The number of anilines is 1. The van der Waals surface area contributed by atoms with Gasteiger partial charge in [-0.15, -0.1) is 0 Å². The maximum absolute atomic E-state index is 5.70. The maximum Gasteiger partial charge on any atom is 0.263 e. The van der Waals surface area contributed by atoms with Gasteiger partial charge in [-0.25, -0.2) is 9.97 Å². The highest BCUT2D eigenvalue weighted by Crippen LogP contribution is 2.26. The lowest BCUT2D eigenvalue weighted by Gasteiger charge is -1.89. The molecule has 17 heavy (non-hydrogen) atoms. The Balaban J connectivity index is 1.95. The summed E-state index contributed by atoms with van der Waals surface area (Å²) >= 11 is 1.35. The number of nitrogen functional groups attached to an aromatic ring is 1. The number of oxazole rings is 1. The standard InChI is InChI=1S/C11H10N4OS/c1-6-5-16-11(13-6)17-10-14-8-3-2-7(12)4-9(8)15-10/h2-5H,12H2,1H3,(H,14,15). The molecule has 0 bridgehead atoms. The topological polar surface area (TPSA) is 80.7 Å². The number of aromatic amines is 1. The third-order valence-electron chi connectivity index (χ3n) is 2.27.